The summed E-state index contributed by atoms with van der Waals surface area (Å²) in [6.07, 6.45) is 0.702. The highest BCUT2D eigenvalue weighted by atomic mass is 19.3. The smallest absolute Gasteiger partial charge is 0.282 e. The molecule has 3 N–H and O–H groups in total. The summed E-state index contributed by atoms with van der Waals surface area (Å²) in [6, 6.07) is 19.6. The number of nitrogens with one attached hydrogen (secondary N) is 1. The first-order chi connectivity index (χ1) is 19.0. The van der Waals surface area contributed by atoms with Crippen molar-refractivity contribution in [3.8, 4) is 0 Å². The molecule has 3 unspecified atom stereocenters. The van der Waals surface area contributed by atoms with Crippen LogP contribution in [0.2, 0.25) is 0 Å². The maximum atomic E-state index is 13.6. The van der Waals surface area contributed by atoms with Crippen LogP contribution in [0.15, 0.2) is 85.6 Å². The first kappa shape index (κ1) is 34.8. The monoisotopic (exact) mass is 566 g/mol. The minimum Gasteiger partial charge on any atom is -0.386 e. The predicted molar refractivity (Wildman–Crippen MR) is 152 cm³/mol. The maximum absolute atomic E-state index is 13.6. The second-order valence-corrected chi connectivity index (χ2v) is 9.40. The number of benzene rings is 3. The number of nitrogens with two attached hydrogens (primary N) is 1. The number of aryl methyl sites for hydroxylation is 1. The van der Waals surface area contributed by atoms with Gasteiger partial charge in [-0.3, -0.25) is 0 Å². The van der Waals surface area contributed by atoms with Gasteiger partial charge in [0.2, 0.25) is 0 Å². The van der Waals surface area contributed by atoms with Gasteiger partial charge in [0.25, 0.3) is 5.92 Å². The van der Waals surface area contributed by atoms with Crippen LogP contribution in [0.1, 0.15) is 48.4 Å². The molecule has 0 bridgehead atoms. The van der Waals surface area contributed by atoms with Crippen molar-refractivity contribution in [1.29, 1.82) is 0 Å². The molecule has 1 saturated carbocycles. The van der Waals surface area contributed by atoms with E-state index in [4.69, 9.17) is 0 Å². The van der Waals surface area contributed by atoms with E-state index in [2.05, 4.69) is 36.7 Å². The molecule has 220 valence electrons. The van der Waals surface area contributed by atoms with Crippen LogP contribution in [0.25, 0.3) is 0 Å². The summed E-state index contributed by atoms with van der Waals surface area (Å²) in [7, 11) is 1.50. The molecule has 0 saturated heterocycles. The summed E-state index contributed by atoms with van der Waals surface area (Å²) in [5, 5.41) is 2.88. The molecule has 3 aromatic rings. The Morgan fingerprint density at radius 2 is 1.52 bits per heavy atom. The predicted octanol–water partition coefficient (Wildman–Crippen LogP) is 8.27. The van der Waals surface area contributed by atoms with Gasteiger partial charge < -0.3 is 11.1 Å². The van der Waals surface area contributed by atoms with E-state index in [0.717, 1.165) is 31.4 Å². The summed E-state index contributed by atoms with van der Waals surface area (Å²) in [5.74, 6) is -4.59. The molecule has 8 heteroatoms. The van der Waals surface area contributed by atoms with Crippen molar-refractivity contribution < 1.29 is 26.3 Å². The van der Waals surface area contributed by atoms with Crippen LogP contribution in [0, 0.1) is 18.6 Å². The van der Waals surface area contributed by atoms with Gasteiger partial charge in [-0.05, 0) is 93.7 Å². The van der Waals surface area contributed by atoms with Gasteiger partial charge in [-0.2, -0.15) is 0 Å². The molecule has 0 heterocycles. The number of hydrogen-bond acceptors (Lipinski definition) is 2. The Labute approximate surface area is 234 Å². The first-order valence-corrected chi connectivity index (χ1v) is 13.1. The third kappa shape index (κ3) is 13.2. The van der Waals surface area contributed by atoms with Crippen LogP contribution < -0.4 is 11.1 Å². The van der Waals surface area contributed by atoms with Gasteiger partial charge >= 0.3 is 0 Å². The minimum atomic E-state index is -3.54. The molecule has 1 aliphatic carbocycles. The molecule has 2 nitrogen and oxygen atoms in total. The van der Waals surface area contributed by atoms with Gasteiger partial charge in [0.15, 0.2) is 6.17 Å². The second-order valence-electron chi connectivity index (χ2n) is 9.40. The van der Waals surface area contributed by atoms with E-state index in [1.54, 1.807) is 6.20 Å². The zero-order chi connectivity index (χ0) is 30.1. The Bertz CT molecular complexity index is 1100. The van der Waals surface area contributed by atoms with Gasteiger partial charge in [-0.1, -0.05) is 60.7 Å². The van der Waals surface area contributed by atoms with Crippen molar-refractivity contribution >= 4 is 0 Å². The summed E-state index contributed by atoms with van der Waals surface area (Å²) < 4.78 is 78.8. The molecule has 0 amide bonds. The lowest BCUT2D eigenvalue weighted by Gasteiger charge is -2.18. The topological polar surface area (TPSA) is 38.0 Å². The minimum absolute atomic E-state index is 0.0339. The third-order valence-electron chi connectivity index (χ3n) is 6.06. The van der Waals surface area contributed by atoms with Gasteiger partial charge in [0, 0.05) is 6.42 Å². The van der Waals surface area contributed by atoms with E-state index in [1.807, 2.05) is 18.2 Å². The molecule has 0 spiro atoms. The fourth-order valence-electron chi connectivity index (χ4n) is 3.96. The van der Waals surface area contributed by atoms with Crippen LogP contribution in [-0.4, -0.2) is 31.4 Å². The van der Waals surface area contributed by atoms with Crippen molar-refractivity contribution in [3.05, 3.63) is 119 Å². The Morgan fingerprint density at radius 1 is 0.925 bits per heavy atom. The Balaban J connectivity index is 0.000000361. The lowest BCUT2D eigenvalue weighted by molar-refractivity contribution is -0.0638. The highest BCUT2D eigenvalue weighted by molar-refractivity contribution is 5.31. The largest absolute Gasteiger partial charge is 0.386 e. The Kier molecular flexibility index (Phi) is 15.8. The number of hydrogen-bond donors (Lipinski definition) is 2. The normalized spacial score (nSPS) is 16.6. The fourth-order valence-corrected chi connectivity index (χ4v) is 3.96. The third-order valence-corrected chi connectivity index (χ3v) is 6.06. The number of alkyl halides is 4. The van der Waals surface area contributed by atoms with E-state index in [9.17, 15) is 26.3 Å². The second kappa shape index (κ2) is 18.2. The van der Waals surface area contributed by atoms with Crippen LogP contribution >= 0.6 is 0 Å². The molecule has 3 atom stereocenters. The standard InChI is InChI=1S/C17H15F5.C7H12FN.C7H8.CH5N/c1-11(18)17(21,22)10-14-7-13(8-16(20)9-14)6-12-2-4-15(19)5-3-12;1-2-9-7-5-3-4-6(7)8;1-7-5-3-2-4-6-7;1-2/h2-5,7-9,11H,6,10H2,1H3;2,6-7,9H,1,3-5H2;2-6H,1H3;2H2,1H3. The summed E-state index contributed by atoms with van der Waals surface area (Å²) >= 11 is 0. The summed E-state index contributed by atoms with van der Waals surface area (Å²) in [6.45, 7) is 6.34. The first-order valence-electron chi connectivity index (χ1n) is 13.1. The lowest BCUT2D eigenvalue weighted by Crippen LogP contribution is -2.30. The Hall–Kier alpha value is -3.26. The molecule has 4 rings (SSSR count). The molecule has 3 aromatic carbocycles. The molecule has 1 fully saturated rings. The molecular formula is C32H40F6N2. The summed E-state index contributed by atoms with van der Waals surface area (Å²) in [5.41, 5.74) is 7.06. The van der Waals surface area contributed by atoms with Crippen molar-refractivity contribution in [2.75, 3.05) is 7.05 Å². The van der Waals surface area contributed by atoms with E-state index in [-0.39, 0.29) is 23.8 Å². The molecule has 40 heavy (non-hydrogen) atoms. The van der Waals surface area contributed by atoms with Crippen LogP contribution in [0.4, 0.5) is 26.3 Å². The van der Waals surface area contributed by atoms with Crippen molar-refractivity contribution in [1.82, 2.24) is 5.32 Å². The van der Waals surface area contributed by atoms with E-state index >= 15 is 0 Å². The van der Waals surface area contributed by atoms with Crippen LogP contribution in [-0.2, 0) is 12.8 Å². The van der Waals surface area contributed by atoms with Gasteiger partial charge in [-0.15, -0.1) is 0 Å². The maximum Gasteiger partial charge on any atom is 0.282 e. The van der Waals surface area contributed by atoms with Crippen molar-refractivity contribution in [3.63, 3.8) is 0 Å². The Morgan fingerprint density at radius 3 is 2.00 bits per heavy atom. The molecular weight excluding hydrogens is 526 g/mol. The fraction of sp³-hybridized carbons (Fsp3) is 0.375. The molecule has 0 radical (unpaired) electrons. The molecule has 0 aromatic heterocycles. The van der Waals surface area contributed by atoms with E-state index < -0.39 is 30.5 Å². The molecule has 0 aliphatic heterocycles. The highest BCUT2D eigenvalue weighted by Gasteiger charge is 2.37. The average molecular weight is 567 g/mol. The zero-order valence-electron chi connectivity index (χ0n) is 23.3. The van der Waals surface area contributed by atoms with Gasteiger partial charge in [0.1, 0.15) is 17.8 Å². The highest BCUT2D eigenvalue weighted by Crippen LogP contribution is 2.27. The van der Waals surface area contributed by atoms with Gasteiger partial charge in [-0.25, -0.2) is 26.3 Å². The van der Waals surface area contributed by atoms with E-state index in [0.29, 0.717) is 12.0 Å². The van der Waals surface area contributed by atoms with Crippen LogP contribution in [0.5, 0.6) is 0 Å². The lowest BCUT2D eigenvalue weighted by atomic mass is 9.98. The van der Waals surface area contributed by atoms with Crippen molar-refractivity contribution in [2.24, 2.45) is 5.73 Å². The van der Waals surface area contributed by atoms with Crippen LogP contribution in [0.3, 0.4) is 0 Å². The quantitative estimate of drug-likeness (QED) is 0.283. The van der Waals surface area contributed by atoms with Gasteiger partial charge in [0.05, 0.1) is 6.04 Å². The van der Waals surface area contributed by atoms with E-state index in [1.165, 1.54) is 49.0 Å². The average Bonchev–Trinajstić information content (AvgIpc) is 3.32. The summed E-state index contributed by atoms with van der Waals surface area (Å²) in [4.78, 5) is 0. The molecule has 1 aliphatic rings. The SMILES string of the molecule is C=CNC1CCCC1F.CC(F)C(F)(F)Cc1cc(F)cc(Cc2ccc(F)cc2)c1.CN.Cc1ccccc1. The zero-order valence-corrected chi connectivity index (χ0v) is 23.3. The number of rotatable bonds is 7. The van der Waals surface area contributed by atoms with Crippen molar-refractivity contribution in [2.45, 2.75) is 70.3 Å². The number of halogens is 6.